The van der Waals surface area contributed by atoms with E-state index < -0.39 is 12.1 Å². The van der Waals surface area contributed by atoms with E-state index in [-0.39, 0.29) is 17.2 Å². The Kier molecular flexibility index (Phi) is 4.89. The van der Waals surface area contributed by atoms with E-state index in [1.165, 1.54) is 17.9 Å². The van der Waals surface area contributed by atoms with Gasteiger partial charge in [0.2, 0.25) is 0 Å². The molecule has 0 bridgehead atoms. The zero-order valence-electron chi connectivity index (χ0n) is 14.5. The number of hydrogen-bond donors (Lipinski definition) is 1. The molecule has 5 heteroatoms. The predicted octanol–water partition coefficient (Wildman–Crippen LogP) is 3.75. The molecule has 0 aliphatic heterocycles. The zero-order chi connectivity index (χ0) is 18.7. The van der Waals surface area contributed by atoms with Crippen molar-refractivity contribution in [3.8, 4) is 5.75 Å². The summed E-state index contributed by atoms with van der Waals surface area (Å²) in [5, 5.41) is 11.7. The maximum absolute atomic E-state index is 12.5. The number of fused-ring (bicyclic) bond motifs is 1. The van der Waals surface area contributed by atoms with E-state index in [4.69, 9.17) is 4.74 Å². The second-order valence-electron chi connectivity index (χ2n) is 5.96. The summed E-state index contributed by atoms with van der Waals surface area (Å²) in [6.45, 7) is 1.51. The Balaban J connectivity index is 1.77. The highest BCUT2D eigenvalue weighted by atomic mass is 16.5. The second kappa shape index (κ2) is 7.27. The van der Waals surface area contributed by atoms with Gasteiger partial charge in [-0.25, -0.2) is 4.79 Å². The monoisotopic (exact) mass is 349 g/mol. The molecule has 3 rings (SSSR count). The van der Waals surface area contributed by atoms with Crippen LogP contribution < -0.4 is 4.90 Å². The molecule has 0 saturated heterocycles. The van der Waals surface area contributed by atoms with Crippen LogP contribution in [0.3, 0.4) is 0 Å². The van der Waals surface area contributed by atoms with E-state index >= 15 is 0 Å². The smallest absolute Gasteiger partial charge is 0.342 e. The van der Waals surface area contributed by atoms with Crippen LogP contribution in [0.1, 0.15) is 17.3 Å². The number of benzene rings is 3. The molecule has 26 heavy (non-hydrogen) atoms. The quantitative estimate of drug-likeness (QED) is 0.729. The molecule has 1 N–H and O–H groups in total. The fraction of sp³-hybridized carbons (Fsp3) is 0.143. The van der Waals surface area contributed by atoms with E-state index in [0.29, 0.717) is 11.1 Å². The molecule has 1 atom stereocenters. The van der Waals surface area contributed by atoms with Crippen molar-refractivity contribution in [2.75, 3.05) is 11.9 Å². The van der Waals surface area contributed by atoms with Gasteiger partial charge in [0.05, 0.1) is 0 Å². The number of carbonyl (C=O) groups excluding carboxylic acids is 2. The molecule has 1 amide bonds. The predicted molar refractivity (Wildman–Crippen MR) is 100 cm³/mol. The Hall–Kier alpha value is -3.34. The zero-order valence-corrected chi connectivity index (χ0v) is 14.5. The highest BCUT2D eigenvalue weighted by Crippen LogP contribution is 2.29. The van der Waals surface area contributed by atoms with Crippen molar-refractivity contribution in [3.63, 3.8) is 0 Å². The number of amides is 1. The first-order valence-corrected chi connectivity index (χ1v) is 8.23. The van der Waals surface area contributed by atoms with Crippen molar-refractivity contribution in [1.82, 2.24) is 0 Å². The fourth-order valence-electron chi connectivity index (χ4n) is 2.75. The minimum atomic E-state index is -0.987. The van der Waals surface area contributed by atoms with Crippen molar-refractivity contribution in [1.29, 1.82) is 0 Å². The molecular formula is C21H19NO4. The van der Waals surface area contributed by atoms with Crippen LogP contribution >= 0.6 is 0 Å². The van der Waals surface area contributed by atoms with Gasteiger partial charge in [-0.2, -0.15) is 0 Å². The van der Waals surface area contributed by atoms with E-state index in [1.807, 2.05) is 30.3 Å². The molecule has 132 valence electrons. The van der Waals surface area contributed by atoms with Gasteiger partial charge in [0.15, 0.2) is 6.10 Å². The Morgan fingerprint density at radius 1 is 0.962 bits per heavy atom. The van der Waals surface area contributed by atoms with E-state index in [2.05, 4.69) is 0 Å². The number of nitrogens with zero attached hydrogens (tertiary/aromatic N) is 1. The molecule has 0 heterocycles. The molecule has 1 unspecified atom stereocenters. The number of aromatic hydroxyl groups is 1. The molecule has 0 fully saturated rings. The summed E-state index contributed by atoms with van der Waals surface area (Å²) in [6.07, 6.45) is -0.987. The lowest BCUT2D eigenvalue weighted by atomic mass is 10.1. The minimum Gasteiger partial charge on any atom is -0.506 e. The average molecular weight is 349 g/mol. The summed E-state index contributed by atoms with van der Waals surface area (Å²) in [5.41, 5.74) is 0.736. The number of para-hydroxylation sites is 1. The van der Waals surface area contributed by atoms with Crippen LogP contribution in [0.5, 0.6) is 5.75 Å². The largest absolute Gasteiger partial charge is 0.506 e. The van der Waals surface area contributed by atoms with E-state index in [9.17, 15) is 14.7 Å². The first kappa shape index (κ1) is 17.5. The summed E-state index contributed by atoms with van der Waals surface area (Å²) in [4.78, 5) is 26.4. The highest BCUT2D eigenvalue weighted by Gasteiger charge is 2.24. The van der Waals surface area contributed by atoms with Gasteiger partial charge in [0.25, 0.3) is 5.91 Å². The number of ether oxygens (including phenoxy) is 1. The van der Waals surface area contributed by atoms with Crippen LogP contribution in [0, 0.1) is 0 Å². The standard InChI is InChI=1S/C21H19NO4/c1-14(20(24)22(2)16-9-4-3-5-10-16)26-21(25)18-13-12-15-8-6-7-11-17(15)19(18)23/h3-14,23H,1-2H3. The number of anilines is 1. The van der Waals surface area contributed by atoms with Gasteiger partial charge in [0.1, 0.15) is 11.3 Å². The number of carbonyl (C=O) groups is 2. The molecule has 0 saturated carbocycles. The van der Waals surface area contributed by atoms with Crippen LogP contribution in [-0.4, -0.2) is 30.1 Å². The normalized spacial score (nSPS) is 11.8. The number of rotatable bonds is 4. The summed E-state index contributed by atoms with van der Waals surface area (Å²) in [6, 6.07) is 19.5. The van der Waals surface area contributed by atoms with Crippen LogP contribution in [0.15, 0.2) is 66.7 Å². The van der Waals surface area contributed by atoms with Crippen molar-refractivity contribution >= 4 is 28.3 Å². The van der Waals surface area contributed by atoms with Crippen molar-refractivity contribution in [3.05, 3.63) is 72.3 Å². The van der Waals surface area contributed by atoms with Gasteiger partial charge >= 0.3 is 5.97 Å². The van der Waals surface area contributed by atoms with Gasteiger partial charge in [-0.3, -0.25) is 4.79 Å². The van der Waals surface area contributed by atoms with Crippen molar-refractivity contribution in [2.45, 2.75) is 13.0 Å². The molecule has 0 aliphatic rings. The number of hydrogen-bond acceptors (Lipinski definition) is 4. The van der Waals surface area contributed by atoms with Gasteiger partial charge in [-0.15, -0.1) is 0 Å². The minimum absolute atomic E-state index is 0.0331. The maximum atomic E-state index is 12.5. The van der Waals surface area contributed by atoms with Gasteiger partial charge in [-0.05, 0) is 30.5 Å². The third kappa shape index (κ3) is 3.37. The molecule has 0 aliphatic carbocycles. The summed E-state index contributed by atoms with van der Waals surface area (Å²) in [5.74, 6) is -1.25. The van der Waals surface area contributed by atoms with Crippen LogP contribution in [-0.2, 0) is 9.53 Å². The Bertz CT molecular complexity index is 953. The third-order valence-electron chi connectivity index (χ3n) is 4.23. The molecule has 3 aromatic carbocycles. The molecule has 0 aromatic heterocycles. The summed E-state index contributed by atoms with van der Waals surface area (Å²) >= 11 is 0. The average Bonchev–Trinajstić information content (AvgIpc) is 2.67. The van der Waals surface area contributed by atoms with Crippen LogP contribution in [0.25, 0.3) is 10.8 Å². The lowest BCUT2D eigenvalue weighted by Crippen LogP contribution is -2.37. The van der Waals surface area contributed by atoms with E-state index in [1.54, 1.807) is 37.4 Å². The van der Waals surface area contributed by atoms with Crippen LogP contribution in [0.4, 0.5) is 5.69 Å². The van der Waals surface area contributed by atoms with Crippen LogP contribution in [0.2, 0.25) is 0 Å². The molecular weight excluding hydrogens is 330 g/mol. The summed E-state index contributed by atoms with van der Waals surface area (Å²) < 4.78 is 5.28. The Labute approximate surface area is 151 Å². The maximum Gasteiger partial charge on any atom is 0.342 e. The number of esters is 1. The number of phenols is 1. The Morgan fingerprint density at radius 2 is 1.62 bits per heavy atom. The third-order valence-corrected chi connectivity index (χ3v) is 4.23. The van der Waals surface area contributed by atoms with Crippen molar-refractivity contribution < 1.29 is 19.4 Å². The molecule has 0 spiro atoms. The lowest BCUT2D eigenvalue weighted by molar-refractivity contribution is -0.126. The number of phenolic OH excluding ortho intramolecular Hbond substituents is 1. The van der Waals surface area contributed by atoms with E-state index in [0.717, 1.165) is 5.39 Å². The first-order chi connectivity index (χ1) is 12.5. The van der Waals surface area contributed by atoms with Gasteiger partial charge in [0, 0.05) is 18.1 Å². The fourth-order valence-corrected chi connectivity index (χ4v) is 2.75. The van der Waals surface area contributed by atoms with Crippen molar-refractivity contribution in [2.24, 2.45) is 0 Å². The molecule has 0 radical (unpaired) electrons. The molecule has 3 aromatic rings. The first-order valence-electron chi connectivity index (χ1n) is 8.23. The highest BCUT2D eigenvalue weighted by molar-refractivity contribution is 6.03. The topological polar surface area (TPSA) is 66.8 Å². The SMILES string of the molecule is CC(OC(=O)c1ccc2ccccc2c1O)C(=O)N(C)c1ccccc1. The lowest BCUT2D eigenvalue weighted by Gasteiger charge is -2.21. The second-order valence-corrected chi connectivity index (χ2v) is 5.96. The van der Waals surface area contributed by atoms with Gasteiger partial charge < -0.3 is 14.7 Å². The Morgan fingerprint density at radius 3 is 2.35 bits per heavy atom. The number of likely N-dealkylation sites (N-methyl/N-ethyl adjacent to an activating group) is 1. The van der Waals surface area contributed by atoms with Gasteiger partial charge in [-0.1, -0.05) is 48.5 Å². The molecule has 5 nitrogen and oxygen atoms in total. The summed E-state index contributed by atoms with van der Waals surface area (Å²) in [7, 11) is 1.62.